The van der Waals surface area contributed by atoms with Gasteiger partial charge in [-0.05, 0) is 105 Å². The molecule has 5 heteroatoms. The van der Waals surface area contributed by atoms with Crippen LogP contribution in [0.25, 0.3) is 11.0 Å². The van der Waals surface area contributed by atoms with Crippen LogP contribution < -0.4 is 16.3 Å². The van der Waals surface area contributed by atoms with Gasteiger partial charge in [0.25, 0.3) is 0 Å². The zero-order chi connectivity index (χ0) is 19.5. The van der Waals surface area contributed by atoms with Crippen molar-refractivity contribution in [2.24, 2.45) is 23.2 Å². The molecule has 4 aliphatic rings. The molecular weight excluding hydrogens is 368 g/mol. The number of hydrogen-bond donors (Lipinski definition) is 2. The van der Waals surface area contributed by atoms with Crippen molar-refractivity contribution in [1.29, 1.82) is 0 Å². The zero-order valence-electron chi connectivity index (χ0n) is 16.6. The molecule has 0 aliphatic heterocycles. The molecule has 4 saturated carbocycles. The van der Waals surface area contributed by atoms with Gasteiger partial charge in [0.1, 0.15) is 5.58 Å². The average Bonchev–Trinajstić information content (AvgIpc) is 2.59. The van der Waals surface area contributed by atoms with Gasteiger partial charge in [0.05, 0.1) is 0 Å². The van der Waals surface area contributed by atoms with Gasteiger partial charge in [0.2, 0.25) is 0 Å². The van der Waals surface area contributed by atoms with E-state index in [1.165, 1.54) is 44.6 Å². The minimum Gasteiger partial charge on any atom is -0.423 e. The molecule has 4 bridgehead atoms. The van der Waals surface area contributed by atoms with Crippen molar-refractivity contribution in [2.75, 3.05) is 5.32 Å². The van der Waals surface area contributed by atoms with E-state index in [2.05, 4.69) is 17.6 Å². The number of rotatable bonds is 3. The molecule has 4 nitrogen and oxygen atoms in total. The molecule has 0 radical (unpaired) electrons. The van der Waals surface area contributed by atoms with Crippen molar-refractivity contribution in [3.63, 3.8) is 0 Å². The highest BCUT2D eigenvalue weighted by atomic mass is 32.1. The third-order valence-electron chi connectivity index (χ3n) is 7.56. The fraction of sp³-hybridized carbons (Fsp3) is 0.565. The van der Waals surface area contributed by atoms with Crippen molar-refractivity contribution in [1.82, 2.24) is 5.32 Å². The molecule has 6 rings (SSSR count). The average molecular weight is 397 g/mol. The van der Waals surface area contributed by atoms with Crippen LogP contribution in [0.15, 0.2) is 33.5 Å². The van der Waals surface area contributed by atoms with Crippen LogP contribution in [0.3, 0.4) is 0 Å². The number of thiocarbonyl (C=S) groups is 1. The van der Waals surface area contributed by atoms with E-state index in [4.69, 9.17) is 16.6 Å². The van der Waals surface area contributed by atoms with E-state index in [0.29, 0.717) is 22.2 Å². The largest absolute Gasteiger partial charge is 0.423 e. The van der Waals surface area contributed by atoms with Gasteiger partial charge in [-0.25, -0.2) is 4.79 Å². The van der Waals surface area contributed by atoms with Gasteiger partial charge in [-0.1, -0.05) is 0 Å². The van der Waals surface area contributed by atoms with E-state index < -0.39 is 0 Å². The standard InChI is InChI=1S/C23H28N2O2S/c1-13-5-21(26)27-20-9-18(3-4-19(13)20)25-22(28)24-14(2)23-10-15-6-16(11-23)8-17(7-15)12-23/h3-5,9,14-17H,6-8,10-12H2,1-2H3,(H2,24,25,28). The van der Waals surface area contributed by atoms with Gasteiger partial charge in [0.15, 0.2) is 5.11 Å². The highest BCUT2D eigenvalue weighted by molar-refractivity contribution is 7.80. The number of benzene rings is 1. The molecular formula is C23H28N2O2S. The maximum Gasteiger partial charge on any atom is 0.336 e. The van der Waals surface area contributed by atoms with Crippen molar-refractivity contribution >= 4 is 34.0 Å². The topological polar surface area (TPSA) is 54.3 Å². The van der Waals surface area contributed by atoms with Gasteiger partial charge in [-0.15, -0.1) is 0 Å². The summed E-state index contributed by atoms with van der Waals surface area (Å²) in [5.74, 6) is 2.80. The molecule has 2 aromatic rings. The summed E-state index contributed by atoms with van der Waals surface area (Å²) in [6.07, 6.45) is 8.44. The third-order valence-corrected chi connectivity index (χ3v) is 7.78. The van der Waals surface area contributed by atoms with Gasteiger partial charge in [-0.2, -0.15) is 0 Å². The molecule has 0 amide bonds. The lowest BCUT2D eigenvalue weighted by Crippen LogP contribution is -2.56. The first-order valence-corrected chi connectivity index (χ1v) is 10.9. The Bertz CT molecular complexity index is 960. The monoisotopic (exact) mass is 396 g/mol. The van der Waals surface area contributed by atoms with Gasteiger partial charge in [0, 0.05) is 29.2 Å². The molecule has 1 atom stereocenters. The van der Waals surface area contributed by atoms with Crippen LogP contribution in [0.4, 0.5) is 5.69 Å². The van der Waals surface area contributed by atoms with Crippen molar-refractivity contribution in [3.8, 4) is 0 Å². The van der Waals surface area contributed by atoms with Gasteiger partial charge >= 0.3 is 5.63 Å². The second kappa shape index (κ2) is 6.58. The van der Waals surface area contributed by atoms with E-state index >= 15 is 0 Å². The van der Waals surface area contributed by atoms with Crippen LogP contribution in [0, 0.1) is 30.1 Å². The van der Waals surface area contributed by atoms with Crippen molar-refractivity contribution in [2.45, 2.75) is 58.4 Å². The van der Waals surface area contributed by atoms with Crippen molar-refractivity contribution < 1.29 is 4.42 Å². The molecule has 1 unspecified atom stereocenters. The molecule has 2 N–H and O–H groups in total. The van der Waals surface area contributed by atoms with E-state index in [1.54, 1.807) is 0 Å². The minimum atomic E-state index is -0.321. The van der Waals surface area contributed by atoms with Crippen molar-refractivity contribution in [3.05, 3.63) is 40.2 Å². The summed E-state index contributed by atoms with van der Waals surface area (Å²) in [5.41, 5.74) is 2.45. The number of anilines is 1. The second-order valence-corrected chi connectivity index (χ2v) is 9.97. The fourth-order valence-corrected chi connectivity index (χ4v) is 6.92. The Morgan fingerprint density at radius 2 is 1.79 bits per heavy atom. The number of fused-ring (bicyclic) bond motifs is 1. The fourth-order valence-electron chi connectivity index (χ4n) is 6.63. The van der Waals surface area contributed by atoms with E-state index in [9.17, 15) is 4.79 Å². The van der Waals surface area contributed by atoms with Gasteiger partial charge < -0.3 is 15.1 Å². The van der Waals surface area contributed by atoms with E-state index in [-0.39, 0.29) is 5.63 Å². The number of aryl methyl sites for hydroxylation is 1. The second-order valence-electron chi connectivity index (χ2n) is 9.56. The van der Waals surface area contributed by atoms with Crippen LogP contribution in [-0.4, -0.2) is 11.2 Å². The Balaban J connectivity index is 1.30. The summed E-state index contributed by atoms with van der Waals surface area (Å²) in [6, 6.07) is 7.71. The molecule has 148 valence electrons. The van der Waals surface area contributed by atoms with Gasteiger partial charge in [-0.3, -0.25) is 0 Å². The first-order valence-electron chi connectivity index (χ1n) is 10.5. The predicted molar refractivity (Wildman–Crippen MR) is 117 cm³/mol. The Morgan fingerprint density at radius 3 is 2.43 bits per heavy atom. The molecule has 0 spiro atoms. The predicted octanol–water partition coefficient (Wildman–Crippen LogP) is 4.99. The molecule has 0 saturated heterocycles. The number of nitrogens with one attached hydrogen (secondary N) is 2. The zero-order valence-corrected chi connectivity index (χ0v) is 17.4. The van der Waals surface area contributed by atoms with Crippen LogP contribution in [0.5, 0.6) is 0 Å². The lowest BCUT2D eigenvalue weighted by atomic mass is 9.48. The highest BCUT2D eigenvalue weighted by Crippen LogP contribution is 2.61. The smallest absolute Gasteiger partial charge is 0.336 e. The Labute approximate surface area is 171 Å². The molecule has 1 aromatic carbocycles. The van der Waals surface area contributed by atoms with Crippen LogP contribution in [0.1, 0.15) is 51.0 Å². The molecule has 28 heavy (non-hydrogen) atoms. The lowest BCUT2D eigenvalue weighted by Gasteiger charge is -2.59. The first kappa shape index (κ1) is 18.2. The molecule has 1 aromatic heterocycles. The summed E-state index contributed by atoms with van der Waals surface area (Å²) in [5, 5.41) is 8.48. The summed E-state index contributed by atoms with van der Waals surface area (Å²) < 4.78 is 5.35. The van der Waals surface area contributed by atoms with Crippen LogP contribution >= 0.6 is 12.2 Å². The van der Waals surface area contributed by atoms with E-state index in [1.807, 2.05) is 25.1 Å². The Kier molecular flexibility index (Phi) is 4.27. The maximum absolute atomic E-state index is 11.7. The summed E-state index contributed by atoms with van der Waals surface area (Å²) >= 11 is 5.63. The highest BCUT2D eigenvalue weighted by Gasteiger charge is 2.53. The lowest BCUT2D eigenvalue weighted by molar-refractivity contribution is -0.0671. The molecule has 4 fully saturated rings. The summed E-state index contributed by atoms with van der Waals surface area (Å²) in [6.45, 7) is 4.23. The Morgan fingerprint density at radius 1 is 1.14 bits per heavy atom. The first-order chi connectivity index (χ1) is 13.4. The van der Waals surface area contributed by atoms with Crippen LogP contribution in [-0.2, 0) is 0 Å². The maximum atomic E-state index is 11.7. The summed E-state index contributed by atoms with van der Waals surface area (Å²) in [7, 11) is 0. The van der Waals surface area contributed by atoms with Crippen LogP contribution in [0.2, 0.25) is 0 Å². The molecule has 1 heterocycles. The Hall–Kier alpha value is -1.88. The SMILES string of the molecule is Cc1cc(=O)oc2cc(NC(=S)NC(C)C34CC5CC(CC(C5)C3)C4)ccc12. The molecule has 4 aliphatic carbocycles. The third kappa shape index (κ3) is 3.14. The summed E-state index contributed by atoms with van der Waals surface area (Å²) in [4.78, 5) is 11.7. The van der Waals surface area contributed by atoms with E-state index in [0.717, 1.165) is 34.4 Å². The number of hydrogen-bond acceptors (Lipinski definition) is 3. The minimum absolute atomic E-state index is 0.321. The quantitative estimate of drug-likeness (QED) is 0.565. The normalized spacial score (nSPS) is 31.7.